The third kappa shape index (κ3) is 4.73. The summed E-state index contributed by atoms with van der Waals surface area (Å²) in [7, 11) is 0. The molecular formula is C19H22ClNO2. The Bertz CT molecular complexity index is 692. The summed E-state index contributed by atoms with van der Waals surface area (Å²) in [6, 6.07) is 11.4. The highest BCUT2D eigenvalue weighted by molar-refractivity contribution is 6.31. The van der Waals surface area contributed by atoms with Crippen LogP contribution in [-0.4, -0.2) is 12.0 Å². The van der Waals surface area contributed by atoms with Gasteiger partial charge < -0.3 is 10.1 Å². The van der Waals surface area contributed by atoms with Crippen molar-refractivity contribution in [2.24, 2.45) is 0 Å². The van der Waals surface area contributed by atoms with E-state index in [1.165, 1.54) is 0 Å². The van der Waals surface area contributed by atoms with E-state index in [1.54, 1.807) is 12.1 Å². The fraction of sp³-hybridized carbons (Fsp3) is 0.316. The number of halogens is 1. The third-order valence-corrected chi connectivity index (χ3v) is 3.83. The molecule has 0 aliphatic rings. The molecule has 4 heteroatoms. The number of hydrogen-bond donors (Lipinski definition) is 1. The van der Waals surface area contributed by atoms with E-state index in [2.05, 4.69) is 11.4 Å². The first kappa shape index (κ1) is 17.4. The van der Waals surface area contributed by atoms with Crippen LogP contribution in [0.5, 0.6) is 5.75 Å². The number of ether oxygens (including phenoxy) is 1. The number of amides is 1. The molecule has 2 aromatic rings. The van der Waals surface area contributed by atoms with Crippen molar-refractivity contribution in [3.63, 3.8) is 0 Å². The summed E-state index contributed by atoms with van der Waals surface area (Å²) in [6.07, 6.45) is 0.0351. The quantitative estimate of drug-likeness (QED) is 0.831. The molecule has 23 heavy (non-hydrogen) atoms. The molecule has 0 radical (unpaired) electrons. The van der Waals surface area contributed by atoms with Crippen LogP contribution in [0.1, 0.15) is 30.0 Å². The average molecular weight is 332 g/mol. The first-order valence-corrected chi connectivity index (χ1v) is 8.09. The van der Waals surface area contributed by atoms with E-state index in [1.807, 2.05) is 45.9 Å². The Balaban J connectivity index is 2.13. The van der Waals surface area contributed by atoms with Crippen LogP contribution in [0.25, 0.3) is 0 Å². The number of nitrogens with one attached hydrogen (secondary N) is 1. The maximum absolute atomic E-state index is 12.5. The van der Waals surface area contributed by atoms with Crippen LogP contribution >= 0.6 is 11.6 Å². The minimum Gasteiger partial charge on any atom is -0.481 e. The molecule has 2 aromatic carbocycles. The second kappa shape index (κ2) is 7.51. The van der Waals surface area contributed by atoms with Gasteiger partial charge in [0.1, 0.15) is 5.75 Å². The molecule has 0 aliphatic heterocycles. The fourth-order valence-corrected chi connectivity index (χ4v) is 2.60. The number of rotatable bonds is 5. The van der Waals surface area contributed by atoms with E-state index in [0.29, 0.717) is 22.9 Å². The normalized spacial score (nSPS) is 11.9. The number of hydrogen-bond acceptors (Lipinski definition) is 2. The van der Waals surface area contributed by atoms with Gasteiger partial charge in [-0.1, -0.05) is 30.7 Å². The molecule has 0 saturated heterocycles. The summed E-state index contributed by atoms with van der Waals surface area (Å²) in [5, 5.41) is 3.49. The standard InChI is InChI=1S/C19H22ClNO2/c1-5-18(23-16-9-12(2)8-13(3)10-16)19(22)21-17-11-15(20)7-6-14(17)4/h6-11,18H,5H2,1-4H3,(H,21,22). The highest BCUT2D eigenvalue weighted by Crippen LogP contribution is 2.22. The van der Waals surface area contributed by atoms with Crippen LogP contribution in [0.4, 0.5) is 5.69 Å². The number of carbonyl (C=O) groups is 1. The van der Waals surface area contributed by atoms with Gasteiger partial charge in [-0.2, -0.15) is 0 Å². The zero-order valence-corrected chi connectivity index (χ0v) is 14.7. The van der Waals surface area contributed by atoms with Crippen molar-refractivity contribution in [1.29, 1.82) is 0 Å². The molecule has 1 amide bonds. The van der Waals surface area contributed by atoms with Crippen molar-refractivity contribution in [2.75, 3.05) is 5.32 Å². The Morgan fingerprint density at radius 2 is 1.78 bits per heavy atom. The molecule has 0 fully saturated rings. The molecule has 0 bridgehead atoms. The summed E-state index contributed by atoms with van der Waals surface area (Å²) in [5.41, 5.74) is 3.90. The van der Waals surface area contributed by atoms with Gasteiger partial charge >= 0.3 is 0 Å². The lowest BCUT2D eigenvalue weighted by molar-refractivity contribution is -0.122. The van der Waals surface area contributed by atoms with E-state index in [0.717, 1.165) is 16.7 Å². The van der Waals surface area contributed by atoms with Crippen LogP contribution in [0.2, 0.25) is 5.02 Å². The van der Waals surface area contributed by atoms with Crippen molar-refractivity contribution in [2.45, 2.75) is 40.2 Å². The van der Waals surface area contributed by atoms with Crippen molar-refractivity contribution in [3.05, 3.63) is 58.1 Å². The van der Waals surface area contributed by atoms with E-state index in [4.69, 9.17) is 16.3 Å². The second-order valence-electron chi connectivity index (χ2n) is 5.79. The number of aryl methyl sites for hydroxylation is 3. The summed E-state index contributed by atoms with van der Waals surface area (Å²) >= 11 is 6.00. The third-order valence-electron chi connectivity index (χ3n) is 3.59. The lowest BCUT2D eigenvalue weighted by atomic mass is 10.1. The van der Waals surface area contributed by atoms with E-state index in [9.17, 15) is 4.79 Å². The van der Waals surface area contributed by atoms with Gasteiger partial charge in [-0.3, -0.25) is 4.79 Å². The Morgan fingerprint density at radius 1 is 1.13 bits per heavy atom. The van der Waals surface area contributed by atoms with Gasteiger partial charge in [-0.15, -0.1) is 0 Å². The predicted molar refractivity (Wildman–Crippen MR) is 95.4 cm³/mol. The van der Waals surface area contributed by atoms with E-state index >= 15 is 0 Å². The predicted octanol–water partition coefficient (Wildman–Crippen LogP) is 5.06. The Hall–Kier alpha value is -2.00. The molecule has 0 saturated carbocycles. The van der Waals surface area contributed by atoms with Crippen LogP contribution in [0.15, 0.2) is 36.4 Å². The van der Waals surface area contributed by atoms with Gasteiger partial charge in [0, 0.05) is 10.7 Å². The summed E-state index contributed by atoms with van der Waals surface area (Å²) in [4.78, 5) is 12.5. The minimum absolute atomic E-state index is 0.169. The van der Waals surface area contributed by atoms with Crippen molar-refractivity contribution in [3.8, 4) is 5.75 Å². The molecule has 0 aromatic heterocycles. The average Bonchev–Trinajstić information content (AvgIpc) is 2.47. The number of carbonyl (C=O) groups excluding carboxylic acids is 1. The molecule has 0 spiro atoms. The van der Waals surface area contributed by atoms with Crippen LogP contribution in [0.3, 0.4) is 0 Å². The minimum atomic E-state index is -0.547. The lowest BCUT2D eigenvalue weighted by Gasteiger charge is -2.19. The number of benzene rings is 2. The van der Waals surface area contributed by atoms with Crippen molar-refractivity contribution in [1.82, 2.24) is 0 Å². The van der Waals surface area contributed by atoms with Crippen LogP contribution in [0, 0.1) is 20.8 Å². The molecule has 1 unspecified atom stereocenters. The summed E-state index contributed by atoms with van der Waals surface area (Å²) in [5.74, 6) is 0.546. The maximum atomic E-state index is 12.5. The second-order valence-corrected chi connectivity index (χ2v) is 6.22. The monoisotopic (exact) mass is 331 g/mol. The first-order valence-electron chi connectivity index (χ1n) is 7.71. The topological polar surface area (TPSA) is 38.3 Å². The molecule has 0 aliphatic carbocycles. The highest BCUT2D eigenvalue weighted by Gasteiger charge is 2.19. The van der Waals surface area contributed by atoms with Crippen molar-refractivity contribution < 1.29 is 9.53 Å². The highest BCUT2D eigenvalue weighted by atomic mass is 35.5. The van der Waals surface area contributed by atoms with Gasteiger partial charge in [0.2, 0.25) is 0 Å². The Labute approximate surface area is 142 Å². The van der Waals surface area contributed by atoms with Gasteiger partial charge in [0.15, 0.2) is 6.10 Å². The zero-order chi connectivity index (χ0) is 17.0. The van der Waals surface area contributed by atoms with Gasteiger partial charge in [-0.25, -0.2) is 0 Å². The summed E-state index contributed by atoms with van der Waals surface area (Å²) < 4.78 is 5.88. The van der Waals surface area contributed by atoms with Crippen LogP contribution < -0.4 is 10.1 Å². The Kier molecular flexibility index (Phi) is 5.67. The van der Waals surface area contributed by atoms with Crippen LogP contribution in [-0.2, 0) is 4.79 Å². The largest absolute Gasteiger partial charge is 0.481 e. The molecule has 122 valence electrons. The molecule has 3 nitrogen and oxygen atoms in total. The molecule has 2 rings (SSSR count). The molecule has 1 atom stereocenters. The van der Waals surface area contributed by atoms with Gasteiger partial charge in [-0.05, 0) is 68.1 Å². The molecular weight excluding hydrogens is 310 g/mol. The maximum Gasteiger partial charge on any atom is 0.265 e. The first-order chi connectivity index (χ1) is 10.9. The summed E-state index contributed by atoms with van der Waals surface area (Å²) in [6.45, 7) is 7.88. The zero-order valence-electron chi connectivity index (χ0n) is 13.9. The van der Waals surface area contributed by atoms with Gasteiger partial charge in [0.25, 0.3) is 5.91 Å². The van der Waals surface area contributed by atoms with Gasteiger partial charge in [0.05, 0.1) is 0 Å². The SMILES string of the molecule is CCC(Oc1cc(C)cc(C)c1)C(=O)Nc1cc(Cl)ccc1C. The number of anilines is 1. The smallest absolute Gasteiger partial charge is 0.265 e. The lowest BCUT2D eigenvalue weighted by Crippen LogP contribution is -2.32. The Morgan fingerprint density at radius 3 is 2.39 bits per heavy atom. The van der Waals surface area contributed by atoms with E-state index < -0.39 is 6.10 Å². The molecule has 0 heterocycles. The van der Waals surface area contributed by atoms with Crippen molar-refractivity contribution >= 4 is 23.2 Å². The molecule has 1 N–H and O–H groups in total. The fourth-order valence-electron chi connectivity index (χ4n) is 2.43. The van der Waals surface area contributed by atoms with E-state index in [-0.39, 0.29) is 5.91 Å².